The molecule has 0 heterocycles. The molecule has 0 aliphatic rings. The fraction of sp³-hybridized carbons (Fsp3) is 0.0870. The van der Waals surface area contributed by atoms with Crippen molar-refractivity contribution >= 4 is 46.0 Å². The Morgan fingerprint density at radius 2 is 1.71 bits per heavy atom. The van der Waals surface area contributed by atoms with Crippen molar-refractivity contribution in [2.75, 3.05) is 0 Å². The zero-order valence-corrected chi connectivity index (χ0v) is 17.4. The molecule has 3 N–H and O–H groups in total. The van der Waals surface area contributed by atoms with Gasteiger partial charge in [0.25, 0.3) is 5.91 Å². The molecule has 0 fully saturated rings. The second-order valence-corrected chi connectivity index (χ2v) is 6.99. The Labute approximate surface area is 184 Å². The molecule has 8 heteroatoms. The van der Waals surface area contributed by atoms with Crippen molar-refractivity contribution in [3.63, 3.8) is 0 Å². The van der Waals surface area contributed by atoms with Gasteiger partial charge < -0.3 is 4.74 Å². The lowest BCUT2D eigenvalue weighted by molar-refractivity contribution is -0.128. The summed E-state index contributed by atoms with van der Waals surface area (Å²) in [6.07, 6.45) is 1.95. The maximum absolute atomic E-state index is 12.9. The van der Waals surface area contributed by atoms with E-state index in [1.165, 1.54) is 36.4 Å². The van der Waals surface area contributed by atoms with Crippen LogP contribution in [0.2, 0.25) is 0 Å². The summed E-state index contributed by atoms with van der Waals surface area (Å²) in [5, 5.41) is 4.38. The van der Waals surface area contributed by atoms with Gasteiger partial charge in [0.15, 0.2) is 11.2 Å². The van der Waals surface area contributed by atoms with E-state index >= 15 is 0 Å². The number of hydrogen-bond acceptors (Lipinski definition) is 4. The molecule has 1 unspecified atom stereocenters. The minimum Gasteiger partial charge on any atom is -0.481 e. The zero-order chi connectivity index (χ0) is 22.2. The molecule has 3 aromatic rings. The van der Waals surface area contributed by atoms with Gasteiger partial charge in [0.1, 0.15) is 11.6 Å². The lowest BCUT2D eigenvalue weighted by Gasteiger charge is -2.16. The topological polar surface area (TPSA) is 79.5 Å². The van der Waals surface area contributed by atoms with Crippen LogP contribution in [0.4, 0.5) is 4.39 Å². The number of amides is 2. The largest absolute Gasteiger partial charge is 0.481 e. The summed E-state index contributed by atoms with van der Waals surface area (Å²) in [6, 6.07) is 19.0. The van der Waals surface area contributed by atoms with Crippen molar-refractivity contribution in [2.24, 2.45) is 0 Å². The van der Waals surface area contributed by atoms with E-state index in [0.717, 1.165) is 10.8 Å². The lowest BCUT2D eigenvalue weighted by atomic mass is 10.1. The van der Waals surface area contributed by atoms with Gasteiger partial charge in [-0.15, -0.1) is 0 Å². The van der Waals surface area contributed by atoms with Crippen molar-refractivity contribution in [1.82, 2.24) is 16.2 Å². The first-order valence-electron chi connectivity index (χ1n) is 9.40. The number of hydrazine groups is 1. The molecular formula is C23H20FN3O3S. The standard InChI is InChI=1S/C23H20FN3O3S/c1-15(30-20-12-9-17-4-2-3-5-18(17)14-20)22(29)26-27-23(31)25-21(28)13-8-16-6-10-19(24)11-7-16/h2-15H,1H3,(H,26,29)(H2,25,27,28,31). The number of halogens is 1. The number of rotatable bonds is 5. The molecule has 1 atom stereocenters. The summed E-state index contributed by atoms with van der Waals surface area (Å²) in [6.45, 7) is 1.60. The fourth-order valence-electron chi connectivity index (χ4n) is 2.65. The summed E-state index contributed by atoms with van der Waals surface area (Å²) in [5.74, 6) is -0.771. The second-order valence-electron chi connectivity index (χ2n) is 6.59. The Morgan fingerprint density at radius 3 is 2.45 bits per heavy atom. The molecule has 6 nitrogen and oxygen atoms in total. The van der Waals surface area contributed by atoms with E-state index in [-0.39, 0.29) is 10.9 Å². The lowest BCUT2D eigenvalue weighted by Crippen LogP contribution is -2.51. The van der Waals surface area contributed by atoms with Gasteiger partial charge >= 0.3 is 0 Å². The SMILES string of the molecule is CC(Oc1ccc2ccccc2c1)C(=O)NNC(=S)NC(=O)C=Cc1ccc(F)cc1. The average molecular weight is 437 g/mol. The fourth-order valence-corrected chi connectivity index (χ4v) is 2.80. The Bertz CT molecular complexity index is 1130. The monoisotopic (exact) mass is 437 g/mol. The Morgan fingerprint density at radius 1 is 1.00 bits per heavy atom. The summed E-state index contributed by atoms with van der Waals surface area (Å²) in [5.41, 5.74) is 5.50. The summed E-state index contributed by atoms with van der Waals surface area (Å²) >= 11 is 4.98. The van der Waals surface area contributed by atoms with Crippen LogP contribution in [-0.2, 0) is 9.59 Å². The average Bonchev–Trinajstić information content (AvgIpc) is 2.77. The number of benzene rings is 3. The maximum atomic E-state index is 12.9. The molecule has 0 aromatic heterocycles. The van der Waals surface area contributed by atoms with Crippen LogP contribution >= 0.6 is 12.2 Å². The van der Waals surface area contributed by atoms with E-state index in [1.54, 1.807) is 13.0 Å². The van der Waals surface area contributed by atoms with Gasteiger partial charge in [-0.05, 0) is 65.8 Å². The van der Waals surface area contributed by atoms with Crippen LogP contribution in [0, 0.1) is 5.82 Å². The molecule has 0 aliphatic heterocycles. The van der Waals surface area contributed by atoms with Gasteiger partial charge in [0, 0.05) is 6.08 Å². The predicted octanol–water partition coefficient (Wildman–Crippen LogP) is 3.48. The number of nitrogens with one attached hydrogen (secondary N) is 3. The smallest absolute Gasteiger partial charge is 0.279 e. The molecule has 0 radical (unpaired) electrons. The molecule has 2 amide bonds. The predicted molar refractivity (Wildman–Crippen MR) is 121 cm³/mol. The highest BCUT2D eigenvalue weighted by Gasteiger charge is 2.15. The molecule has 31 heavy (non-hydrogen) atoms. The van der Waals surface area contributed by atoms with Crippen LogP contribution in [0.3, 0.4) is 0 Å². The number of fused-ring (bicyclic) bond motifs is 1. The number of thiocarbonyl (C=S) groups is 1. The van der Waals surface area contributed by atoms with Gasteiger partial charge in [0.2, 0.25) is 5.91 Å². The van der Waals surface area contributed by atoms with Crippen molar-refractivity contribution in [3.05, 3.63) is 84.2 Å². The highest BCUT2D eigenvalue weighted by atomic mass is 32.1. The van der Waals surface area contributed by atoms with E-state index in [9.17, 15) is 14.0 Å². The normalized spacial score (nSPS) is 11.7. The van der Waals surface area contributed by atoms with Gasteiger partial charge in [-0.2, -0.15) is 0 Å². The zero-order valence-electron chi connectivity index (χ0n) is 16.6. The second kappa shape index (κ2) is 10.3. The Kier molecular flexibility index (Phi) is 7.29. The first-order chi connectivity index (χ1) is 14.9. The van der Waals surface area contributed by atoms with Gasteiger partial charge in [-0.3, -0.25) is 25.8 Å². The molecule has 0 aliphatic carbocycles. The van der Waals surface area contributed by atoms with Gasteiger partial charge in [-0.1, -0.05) is 42.5 Å². The van der Waals surface area contributed by atoms with Crippen molar-refractivity contribution in [2.45, 2.75) is 13.0 Å². The van der Waals surface area contributed by atoms with Crippen LogP contribution in [0.1, 0.15) is 12.5 Å². The Hall–Kier alpha value is -3.78. The van der Waals surface area contributed by atoms with Crippen molar-refractivity contribution in [1.29, 1.82) is 0 Å². The van der Waals surface area contributed by atoms with Gasteiger partial charge in [-0.25, -0.2) is 4.39 Å². The number of hydrogen-bond donors (Lipinski definition) is 3. The number of ether oxygens (including phenoxy) is 1. The third-order valence-corrected chi connectivity index (χ3v) is 4.44. The van der Waals surface area contributed by atoms with Crippen molar-refractivity contribution in [3.8, 4) is 5.75 Å². The first kappa shape index (κ1) is 21.9. The highest BCUT2D eigenvalue weighted by molar-refractivity contribution is 7.80. The maximum Gasteiger partial charge on any atom is 0.279 e. The van der Waals surface area contributed by atoms with Gasteiger partial charge in [0.05, 0.1) is 0 Å². The highest BCUT2D eigenvalue weighted by Crippen LogP contribution is 2.21. The van der Waals surface area contributed by atoms with Crippen LogP contribution in [-0.4, -0.2) is 23.0 Å². The van der Waals surface area contributed by atoms with E-state index in [2.05, 4.69) is 16.2 Å². The van der Waals surface area contributed by atoms with Crippen molar-refractivity contribution < 1.29 is 18.7 Å². The molecule has 0 saturated heterocycles. The molecule has 0 spiro atoms. The minimum atomic E-state index is -0.800. The molecular weight excluding hydrogens is 417 g/mol. The molecule has 3 rings (SSSR count). The third-order valence-electron chi connectivity index (χ3n) is 4.24. The van der Waals surface area contributed by atoms with E-state index < -0.39 is 17.9 Å². The summed E-state index contributed by atoms with van der Waals surface area (Å²) in [4.78, 5) is 24.1. The first-order valence-corrected chi connectivity index (χ1v) is 9.81. The molecule has 3 aromatic carbocycles. The van der Waals surface area contributed by atoms with Crippen LogP contribution in [0.5, 0.6) is 5.75 Å². The van der Waals surface area contributed by atoms with Crippen LogP contribution in [0.15, 0.2) is 72.8 Å². The minimum absolute atomic E-state index is 0.0833. The molecule has 158 valence electrons. The number of carbonyl (C=O) groups excluding carboxylic acids is 2. The summed E-state index contributed by atoms with van der Waals surface area (Å²) < 4.78 is 18.5. The van der Waals surface area contributed by atoms with E-state index in [1.807, 2.05) is 36.4 Å². The van der Waals surface area contributed by atoms with Crippen LogP contribution in [0.25, 0.3) is 16.8 Å². The summed E-state index contributed by atoms with van der Waals surface area (Å²) in [7, 11) is 0. The Balaban J connectivity index is 1.44. The quantitative estimate of drug-likeness (QED) is 0.324. The molecule has 0 bridgehead atoms. The van der Waals surface area contributed by atoms with E-state index in [0.29, 0.717) is 11.3 Å². The molecule has 0 saturated carbocycles. The van der Waals surface area contributed by atoms with E-state index in [4.69, 9.17) is 17.0 Å². The number of carbonyl (C=O) groups is 2. The third kappa shape index (κ3) is 6.61. The van der Waals surface area contributed by atoms with Crippen LogP contribution < -0.4 is 20.9 Å².